The van der Waals surface area contributed by atoms with Gasteiger partial charge >= 0.3 is 6.18 Å². The van der Waals surface area contributed by atoms with Crippen molar-refractivity contribution in [1.29, 1.82) is 0 Å². The van der Waals surface area contributed by atoms with E-state index in [9.17, 15) is 18.0 Å². The number of alkyl halides is 3. The van der Waals surface area contributed by atoms with E-state index in [-0.39, 0.29) is 18.0 Å². The lowest BCUT2D eigenvalue weighted by Gasteiger charge is -2.14. The van der Waals surface area contributed by atoms with E-state index < -0.39 is 11.7 Å². The molecule has 0 radical (unpaired) electrons. The van der Waals surface area contributed by atoms with Crippen LogP contribution in [0.25, 0.3) is 0 Å². The number of nitrogens with one attached hydrogen (secondary N) is 1. The van der Waals surface area contributed by atoms with Crippen LogP contribution in [0.2, 0.25) is 0 Å². The Kier molecular flexibility index (Phi) is 4.18. The summed E-state index contributed by atoms with van der Waals surface area (Å²) in [4.78, 5) is 11.5. The van der Waals surface area contributed by atoms with Gasteiger partial charge in [-0.15, -0.1) is 0 Å². The molecule has 0 aliphatic heterocycles. The molecular weight excluding hydrogens is 323 g/mol. The van der Waals surface area contributed by atoms with Crippen LogP contribution in [0.3, 0.4) is 0 Å². The summed E-state index contributed by atoms with van der Waals surface area (Å²) in [5.74, 6) is 0.241. The number of hydrogen-bond acceptors (Lipinski definition) is 1. The predicted molar refractivity (Wildman–Crippen MR) is 68.3 cm³/mol. The molecule has 0 heterocycles. The summed E-state index contributed by atoms with van der Waals surface area (Å²) in [5, 5.41) is 2.55. The fraction of sp³-hybridized carbons (Fsp3) is 0.462. The Morgan fingerprint density at radius 2 is 2.05 bits per heavy atom. The Bertz CT molecular complexity index is 483. The molecule has 0 bridgehead atoms. The maximum atomic E-state index is 12.8. The van der Waals surface area contributed by atoms with Gasteiger partial charge in [-0.25, -0.2) is 0 Å². The number of carbonyl (C=O) groups excluding carboxylic acids is 1. The zero-order chi connectivity index (χ0) is 14.0. The lowest BCUT2D eigenvalue weighted by atomic mass is 10.1. The fourth-order valence-corrected chi connectivity index (χ4v) is 2.18. The van der Waals surface area contributed by atoms with Gasteiger partial charge in [0.05, 0.1) is 5.56 Å². The molecule has 2 nitrogen and oxygen atoms in total. The van der Waals surface area contributed by atoms with Crippen LogP contribution in [0.4, 0.5) is 13.2 Å². The third-order valence-corrected chi connectivity index (χ3v) is 3.52. The molecule has 1 aliphatic carbocycles. The minimum atomic E-state index is -4.42. The zero-order valence-corrected chi connectivity index (χ0v) is 11.6. The molecular formula is C13H13BrF3NO. The SMILES string of the molecule is O=C(CC1CC1)NCc1ccc(Br)cc1C(F)(F)F. The summed E-state index contributed by atoms with van der Waals surface area (Å²) in [5.41, 5.74) is -0.631. The Hall–Kier alpha value is -1.04. The summed E-state index contributed by atoms with van der Waals surface area (Å²) in [6.07, 6.45) is -1.92. The third kappa shape index (κ3) is 4.23. The monoisotopic (exact) mass is 335 g/mol. The molecule has 1 amide bonds. The molecule has 104 valence electrons. The minimum Gasteiger partial charge on any atom is -0.352 e. The van der Waals surface area contributed by atoms with Crippen LogP contribution >= 0.6 is 15.9 Å². The standard InChI is InChI=1S/C13H13BrF3NO/c14-10-4-3-9(11(6-10)13(15,16)17)7-18-12(19)5-8-1-2-8/h3-4,6,8H,1-2,5,7H2,(H,18,19). The van der Waals surface area contributed by atoms with Crippen molar-refractivity contribution < 1.29 is 18.0 Å². The van der Waals surface area contributed by atoms with Crippen molar-refractivity contribution in [2.75, 3.05) is 0 Å². The van der Waals surface area contributed by atoms with Crippen molar-refractivity contribution in [3.8, 4) is 0 Å². The van der Waals surface area contributed by atoms with Crippen molar-refractivity contribution in [2.45, 2.75) is 32.0 Å². The van der Waals surface area contributed by atoms with Gasteiger partial charge in [-0.3, -0.25) is 4.79 Å². The van der Waals surface area contributed by atoms with E-state index >= 15 is 0 Å². The van der Waals surface area contributed by atoms with Crippen LogP contribution in [0, 0.1) is 5.92 Å². The van der Waals surface area contributed by atoms with E-state index in [1.165, 1.54) is 12.1 Å². The van der Waals surface area contributed by atoms with Gasteiger partial charge in [0.1, 0.15) is 0 Å². The molecule has 1 aromatic rings. The van der Waals surface area contributed by atoms with E-state index in [2.05, 4.69) is 21.2 Å². The second-order valence-corrected chi connectivity index (χ2v) is 5.64. The summed E-state index contributed by atoms with van der Waals surface area (Å²) >= 11 is 3.02. The van der Waals surface area contributed by atoms with Crippen molar-refractivity contribution >= 4 is 21.8 Å². The van der Waals surface area contributed by atoms with Crippen molar-refractivity contribution in [2.24, 2.45) is 5.92 Å². The van der Waals surface area contributed by atoms with Gasteiger partial charge in [-0.1, -0.05) is 22.0 Å². The molecule has 1 fully saturated rings. The van der Waals surface area contributed by atoms with Crippen molar-refractivity contribution in [3.05, 3.63) is 33.8 Å². The van der Waals surface area contributed by atoms with Crippen molar-refractivity contribution in [1.82, 2.24) is 5.32 Å². The average Bonchev–Trinajstić information content (AvgIpc) is 3.10. The lowest BCUT2D eigenvalue weighted by Crippen LogP contribution is -2.24. The molecule has 19 heavy (non-hydrogen) atoms. The van der Waals surface area contributed by atoms with E-state index in [0.717, 1.165) is 18.9 Å². The Labute approximate surface area is 117 Å². The predicted octanol–water partition coefficient (Wildman–Crippen LogP) is 3.88. The number of halogens is 4. The second-order valence-electron chi connectivity index (χ2n) is 4.72. The maximum Gasteiger partial charge on any atom is 0.416 e. The van der Waals surface area contributed by atoms with Gasteiger partial charge in [-0.05, 0) is 36.5 Å². The normalized spacial score (nSPS) is 15.4. The van der Waals surface area contributed by atoms with Crippen LogP contribution in [-0.2, 0) is 17.5 Å². The van der Waals surface area contributed by atoms with E-state index in [1.807, 2.05) is 0 Å². The molecule has 0 atom stereocenters. The van der Waals surface area contributed by atoms with Crippen LogP contribution in [0.1, 0.15) is 30.4 Å². The van der Waals surface area contributed by atoms with E-state index in [4.69, 9.17) is 0 Å². The van der Waals surface area contributed by atoms with Crippen LogP contribution in [-0.4, -0.2) is 5.91 Å². The summed E-state index contributed by atoms with van der Waals surface area (Å²) in [6.45, 7) is -0.0896. The topological polar surface area (TPSA) is 29.1 Å². The number of rotatable bonds is 4. The van der Waals surface area contributed by atoms with Gasteiger partial charge in [0.2, 0.25) is 5.91 Å². The highest BCUT2D eigenvalue weighted by Crippen LogP contribution is 2.34. The molecule has 0 saturated heterocycles. The molecule has 1 aromatic carbocycles. The quantitative estimate of drug-likeness (QED) is 0.888. The first-order valence-corrected chi connectivity index (χ1v) is 6.78. The van der Waals surface area contributed by atoms with E-state index in [0.29, 0.717) is 16.8 Å². The summed E-state index contributed by atoms with van der Waals surface area (Å²) in [7, 11) is 0. The van der Waals surface area contributed by atoms with Gasteiger partial charge in [0.15, 0.2) is 0 Å². The Balaban J connectivity index is 2.04. The Morgan fingerprint density at radius 3 is 2.63 bits per heavy atom. The van der Waals surface area contributed by atoms with Crippen LogP contribution in [0.5, 0.6) is 0 Å². The third-order valence-electron chi connectivity index (χ3n) is 3.02. The number of carbonyl (C=O) groups is 1. The Morgan fingerprint density at radius 1 is 1.37 bits per heavy atom. The molecule has 1 aliphatic rings. The van der Waals surface area contributed by atoms with Crippen molar-refractivity contribution in [3.63, 3.8) is 0 Å². The zero-order valence-electron chi connectivity index (χ0n) is 10.1. The molecule has 2 rings (SSSR count). The van der Waals surface area contributed by atoms with E-state index in [1.54, 1.807) is 0 Å². The second kappa shape index (κ2) is 5.53. The minimum absolute atomic E-state index is 0.0832. The average molecular weight is 336 g/mol. The first-order valence-electron chi connectivity index (χ1n) is 5.98. The first kappa shape index (κ1) is 14.4. The smallest absolute Gasteiger partial charge is 0.352 e. The van der Waals surface area contributed by atoms with Gasteiger partial charge < -0.3 is 5.32 Å². The highest BCUT2D eigenvalue weighted by molar-refractivity contribution is 9.10. The highest BCUT2D eigenvalue weighted by Gasteiger charge is 2.33. The van der Waals surface area contributed by atoms with Gasteiger partial charge in [-0.2, -0.15) is 13.2 Å². The molecule has 1 saturated carbocycles. The summed E-state index contributed by atoms with van der Waals surface area (Å²) in [6, 6.07) is 3.95. The number of amides is 1. The molecule has 1 N–H and O–H groups in total. The van der Waals surface area contributed by atoms with Crippen LogP contribution in [0.15, 0.2) is 22.7 Å². The molecule has 0 spiro atoms. The number of hydrogen-bond donors (Lipinski definition) is 1. The molecule has 0 unspecified atom stereocenters. The highest BCUT2D eigenvalue weighted by atomic mass is 79.9. The molecule has 6 heteroatoms. The maximum absolute atomic E-state index is 12.8. The number of benzene rings is 1. The van der Waals surface area contributed by atoms with Crippen LogP contribution < -0.4 is 5.32 Å². The largest absolute Gasteiger partial charge is 0.416 e. The van der Waals surface area contributed by atoms with Gasteiger partial charge in [0.25, 0.3) is 0 Å². The summed E-state index contributed by atoms with van der Waals surface area (Å²) < 4.78 is 38.9. The fourth-order valence-electron chi connectivity index (χ4n) is 1.82. The van der Waals surface area contributed by atoms with Gasteiger partial charge in [0, 0.05) is 17.4 Å². The molecule has 0 aromatic heterocycles. The lowest BCUT2D eigenvalue weighted by molar-refractivity contribution is -0.138. The first-order chi connectivity index (χ1) is 8.86.